The lowest BCUT2D eigenvalue weighted by molar-refractivity contribution is 0.480. The van der Waals surface area contributed by atoms with Gasteiger partial charge in [0.15, 0.2) is 4.77 Å². The minimum absolute atomic E-state index is 0.420. The van der Waals surface area contributed by atoms with E-state index in [4.69, 9.17) is 12.2 Å². The third kappa shape index (κ3) is 1.46. The Morgan fingerprint density at radius 1 is 1.31 bits per heavy atom. The normalized spacial score (nSPS) is 32.8. The molecule has 0 radical (unpaired) electrons. The summed E-state index contributed by atoms with van der Waals surface area (Å²) in [6, 6.07) is 0.420. The van der Waals surface area contributed by atoms with Gasteiger partial charge in [0, 0.05) is 12.0 Å². The maximum atomic E-state index is 5.31. The average Bonchev–Trinajstić information content (AvgIpc) is 2.86. The fourth-order valence-electron chi connectivity index (χ4n) is 3.43. The van der Waals surface area contributed by atoms with E-state index in [1.165, 1.54) is 31.5 Å². The van der Waals surface area contributed by atoms with E-state index in [1.54, 1.807) is 0 Å². The molecule has 0 spiro atoms. The van der Waals surface area contributed by atoms with Gasteiger partial charge in [-0.1, -0.05) is 12.8 Å². The van der Waals surface area contributed by atoms with Crippen LogP contribution in [0.2, 0.25) is 0 Å². The molecule has 2 aliphatic carbocycles. The molecule has 88 valence electrons. The largest absolute Gasteiger partial charge is 0.301 e. The lowest BCUT2D eigenvalue weighted by Crippen LogP contribution is -2.06. The van der Waals surface area contributed by atoms with E-state index < -0.39 is 0 Å². The number of hydrogen-bond acceptors (Lipinski definition) is 2. The fourth-order valence-corrected chi connectivity index (χ4v) is 3.78. The molecular formula is C12H19N3S. The minimum atomic E-state index is 0.420. The maximum absolute atomic E-state index is 5.31. The Labute approximate surface area is 101 Å². The van der Waals surface area contributed by atoms with E-state index in [1.807, 2.05) is 0 Å². The molecule has 0 aliphatic heterocycles. The Bertz CT molecular complexity index is 433. The second-order valence-corrected chi connectivity index (χ2v) is 5.88. The molecule has 1 aromatic heterocycles. The van der Waals surface area contributed by atoms with Gasteiger partial charge in [0.2, 0.25) is 0 Å². The van der Waals surface area contributed by atoms with Crippen molar-refractivity contribution < 1.29 is 0 Å². The van der Waals surface area contributed by atoms with Gasteiger partial charge in [-0.3, -0.25) is 5.10 Å². The van der Waals surface area contributed by atoms with Crippen molar-refractivity contribution >= 4 is 12.2 Å². The van der Waals surface area contributed by atoms with Gasteiger partial charge in [-0.2, -0.15) is 5.10 Å². The highest BCUT2D eigenvalue weighted by Crippen LogP contribution is 2.60. The third-order valence-electron chi connectivity index (χ3n) is 4.20. The molecule has 1 heterocycles. The van der Waals surface area contributed by atoms with Gasteiger partial charge in [-0.15, -0.1) is 0 Å². The number of fused-ring (bicyclic) bond motifs is 1. The lowest BCUT2D eigenvalue weighted by atomic mass is 10.0. The molecule has 3 rings (SSSR count). The zero-order valence-electron chi connectivity index (χ0n) is 9.94. The molecule has 2 fully saturated rings. The van der Waals surface area contributed by atoms with Crippen LogP contribution >= 0.6 is 12.2 Å². The number of nitrogens with zero attached hydrogens (tertiary/aromatic N) is 2. The summed E-state index contributed by atoms with van der Waals surface area (Å²) in [4.78, 5) is 0. The van der Waals surface area contributed by atoms with Crippen LogP contribution in [-0.2, 0) is 0 Å². The van der Waals surface area contributed by atoms with Crippen LogP contribution in [0.25, 0.3) is 0 Å². The summed E-state index contributed by atoms with van der Waals surface area (Å²) in [5.41, 5.74) is 0. The molecule has 0 saturated heterocycles. The molecular weight excluding hydrogens is 218 g/mol. The van der Waals surface area contributed by atoms with Crippen LogP contribution in [0.3, 0.4) is 0 Å². The van der Waals surface area contributed by atoms with Crippen molar-refractivity contribution in [3.63, 3.8) is 0 Å². The Kier molecular flexibility index (Phi) is 2.42. The highest BCUT2D eigenvalue weighted by atomic mass is 32.1. The van der Waals surface area contributed by atoms with Gasteiger partial charge >= 0.3 is 0 Å². The summed E-state index contributed by atoms with van der Waals surface area (Å²) in [5.74, 6) is 3.71. The van der Waals surface area contributed by atoms with E-state index in [0.717, 1.165) is 16.6 Å². The zero-order valence-corrected chi connectivity index (χ0v) is 10.8. The monoisotopic (exact) mass is 237 g/mol. The first-order valence-electron chi connectivity index (χ1n) is 6.37. The molecule has 4 heteroatoms. The molecule has 1 aromatic rings. The van der Waals surface area contributed by atoms with E-state index in [0.29, 0.717) is 12.0 Å². The lowest BCUT2D eigenvalue weighted by Gasteiger charge is -2.09. The number of aromatic nitrogens is 3. The van der Waals surface area contributed by atoms with Gasteiger partial charge < -0.3 is 4.57 Å². The zero-order chi connectivity index (χ0) is 11.3. The number of hydrogen-bond donors (Lipinski definition) is 1. The molecule has 0 bridgehead atoms. The van der Waals surface area contributed by atoms with Gasteiger partial charge in [0.05, 0.1) is 0 Å². The smallest absolute Gasteiger partial charge is 0.195 e. The summed E-state index contributed by atoms with van der Waals surface area (Å²) in [6.45, 7) is 4.36. The first-order valence-corrected chi connectivity index (χ1v) is 6.77. The van der Waals surface area contributed by atoms with Crippen molar-refractivity contribution in [2.75, 3.05) is 0 Å². The molecule has 2 unspecified atom stereocenters. The van der Waals surface area contributed by atoms with E-state index in [-0.39, 0.29) is 0 Å². The predicted octanol–water partition coefficient (Wildman–Crippen LogP) is 3.43. The number of rotatable bonds is 2. The van der Waals surface area contributed by atoms with Gasteiger partial charge in [-0.25, -0.2) is 0 Å². The summed E-state index contributed by atoms with van der Waals surface area (Å²) >= 11 is 5.31. The Morgan fingerprint density at radius 2 is 1.94 bits per heavy atom. The van der Waals surface area contributed by atoms with Gasteiger partial charge in [0.25, 0.3) is 0 Å². The van der Waals surface area contributed by atoms with Crippen LogP contribution in [0.4, 0.5) is 0 Å². The number of nitrogens with one attached hydrogen (secondary N) is 1. The minimum Gasteiger partial charge on any atom is -0.301 e. The van der Waals surface area contributed by atoms with Crippen molar-refractivity contribution in [1.29, 1.82) is 0 Å². The van der Waals surface area contributed by atoms with E-state index in [9.17, 15) is 0 Å². The topological polar surface area (TPSA) is 33.6 Å². The molecule has 2 saturated carbocycles. The van der Waals surface area contributed by atoms with Crippen LogP contribution in [0, 0.1) is 16.6 Å². The van der Waals surface area contributed by atoms with Crippen molar-refractivity contribution in [3.8, 4) is 0 Å². The van der Waals surface area contributed by atoms with Crippen molar-refractivity contribution in [1.82, 2.24) is 14.8 Å². The Morgan fingerprint density at radius 3 is 2.50 bits per heavy atom. The van der Waals surface area contributed by atoms with Crippen LogP contribution in [0.1, 0.15) is 57.3 Å². The molecule has 16 heavy (non-hydrogen) atoms. The first-order chi connectivity index (χ1) is 7.70. The molecule has 2 aliphatic rings. The number of H-pyrrole nitrogens is 1. The highest BCUT2D eigenvalue weighted by Gasteiger charge is 2.53. The van der Waals surface area contributed by atoms with Crippen molar-refractivity contribution in [2.45, 2.75) is 51.5 Å². The Balaban J connectivity index is 1.93. The second kappa shape index (κ2) is 3.69. The van der Waals surface area contributed by atoms with Crippen LogP contribution in [0.15, 0.2) is 0 Å². The van der Waals surface area contributed by atoms with Crippen LogP contribution in [0.5, 0.6) is 0 Å². The molecule has 0 aromatic carbocycles. The summed E-state index contributed by atoms with van der Waals surface area (Å²) in [7, 11) is 0. The van der Waals surface area contributed by atoms with Crippen LogP contribution in [-0.4, -0.2) is 14.8 Å². The summed E-state index contributed by atoms with van der Waals surface area (Å²) in [5, 5.41) is 7.43. The van der Waals surface area contributed by atoms with Gasteiger partial charge in [0.1, 0.15) is 5.82 Å². The fraction of sp³-hybridized carbons (Fsp3) is 0.833. The third-order valence-corrected chi connectivity index (χ3v) is 4.49. The maximum Gasteiger partial charge on any atom is 0.195 e. The average molecular weight is 237 g/mol. The standard InChI is InChI=1S/C12H19N3S/c1-7(2)15-11(13-14-12(15)16)10-8-5-3-4-6-9(8)10/h7-10H,3-6H2,1-2H3,(H,14,16). The van der Waals surface area contributed by atoms with E-state index in [2.05, 4.69) is 28.6 Å². The molecule has 2 atom stereocenters. The highest BCUT2D eigenvalue weighted by molar-refractivity contribution is 7.71. The summed E-state index contributed by atoms with van der Waals surface area (Å²) in [6.07, 6.45) is 5.61. The summed E-state index contributed by atoms with van der Waals surface area (Å²) < 4.78 is 2.99. The first kappa shape index (κ1) is 10.5. The molecule has 1 N–H and O–H groups in total. The van der Waals surface area contributed by atoms with Gasteiger partial charge in [-0.05, 0) is 50.7 Å². The van der Waals surface area contributed by atoms with Crippen molar-refractivity contribution in [2.24, 2.45) is 11.8 Å². The van der Waals surface area contributed by atoms with E-state index >= 15 is 0 Å². The molecule has 3 nitrogen and oxygen atoms in total. The SMILES string of the molecule is CC(C)n1c(C2C3CCCCC32)n[nH]c1=S. The molecule has 0 amide bonds. The quantitative estimate of drug-likeness (QED) is 0.800. The second-order valence-electron chi connectivity index (χ2n) is 5.49. The van der Waals surface area contributed by atoms with Crippen molar-refractivity contribution in [3.05, 3.63) is 10.6 Å². The van der Waals surface area contributed by atoms with Crippen LogP contribution < -0.4 is 0 Å². The predicted molar refractivity (Wildman–Crippen MR) is 66.0 cm³/mol. The number of aromatic amines is 1. The Hall–Kier alpha value is -0.640.